The van der Waals surface area contributed by atoms with Crippen LogP contribution in [0.4, 0.5) is 0 Å². The van der Waals surface area contributed by atoms with E-state index in [0.717, 1.165) is 15.8 Å². The second kappa shape index (κ2) is 7.45. The third kappa shape index (κ3) is 4.74. The number of unbranched alkanes of at least 4 members (excludes halogenated alkanes) is 1. The molecule has 0 unspecified atom stereocenters. The van der Waals surface area contributed by atoms with Crippen molar-refractivity contribution < 1.29 is 19.4 Å². The SMILES string of the molecule is O=C(O)CCCCC(=O)N1CCOc2ccc(Br)cc2C1. The van der Waals surface area contributed by atoms with Crippen LogP contribution < -0.4 is 4.74 Å². The second-order valence-electron chi connectivity index (χ2n) is 5.02. The molecule has 1 amide bonds. The number of hydrogen-bond donors (Lipinski definition) is 1. The fourth-order valence-electron chi connectivity index (χ4n) is 2.29. The maximum Gasteiger partial charge on any atom is 0.303 e. The van der Waals surface area contributed by atoms with E-state index in [-0.39, 0.29) is 12.3 Å². The minimum Gasteiger partial charge on any atom is -0.491 e. The molecule has 0 radical (unpaired) electrons. The number of amides is 1. The predicted molar refractivity (Wildman–Crippen MR) is 81.2 cm³/mol. The number of hydrogen-bond acceptors (Lipinski definition) is 3. The average molecular weight is 356 g/mol. The Hall–Kier alpha value is -1.56. The number of benzene rings is 1. The van der Waals surface area contributed by atoms with Crippen molar-refractivity contribution in [3.8, 4) is 5.75 Å². The normalized spacial score (nSPS) is 14.0. The lowest BCUT2D eigenvalue weighted by molar-refractivity contribution is -0.137. The molecular weight excluding hydrogens is 338 g/mol. The van der Waals surface area contributed by atoms with Crippen LogP contribution in [-0.4, -0.2) is 35.0 Å². The van der Waals surface area contributed by atoms with Gasteiger partial charge < -0.3 is 14.7 Å². The summed E-state index contributed by atoms with van der Waals surface area (Å²) in [6, 6.07) is 5.79. The molecule has 1 aromatic carbocycles. The third-order valence-corrected chi connectivity index (χ3v) is 3.88. The van der Waals surface area contributed by atoms with Gasteiger partial charge in [-0.3, -0.25) is 9.59 Å². The summed E-state index contributed by atoms with van der Waals surface area (Å²) in [6.45, 7) is 1.58. The highest BCUT2D eigenvalue weighted by Crippen LogP contribution is 2.26. The fourth-order valence-corrected chi connectivity index (χ4v) is 2.69. The standard InChI is InChI=1S/C15H18BrNO4/c16-12-5-6-13-11(9-12)10-17(7-8-21-13)14(18)3-1-2-4-15(19)20/h5-6,9H,1-4,7-8,10H2,(H,19,20). The number of halogens is 1. The van der Waals surface area contributed by atoms with Crippen LogP contribution in [0.2, 0.25) is 0 Å². The van der Waals surface area contributed by atoms with E-state index < -0.39 is 5.97 Å². The van der Waals surface area contributed by atoms with Crippen molar-refractivity contribution in [1.29, 1.82) is 0 Å². The van der Waals surface area contributed by atoms with Gasteiger partial charge in [-0.25, -0.2) is 0 Å². The number of carboxylic acid groups (broad SMARTS) is 1. The molecule has 1 aromatic rings. The van der Waals surface area contributed by atoms with E-state index in [1.165, 1.54) is 0 Å². The first kappa shape index (κ1) is 15.8. The largest absolute Gasteiger partial charge is 0.491 e. The summed E-state index contributed by atoms with van der Waals surface area (Å²) in [5.74, 6) is 0.0561. The molecule has 0 aromatic heterocycles. The minimum atomic E-state index is -0.815. The lowest BCUT2D eigenvalue weighted by Gasteiger charge is -2.19. The highest BCUT2D eigenvalue weighted by molar-refractivity contribution is 9.10. The topological polar surface area (TPSA) is 66.8 Å². The zero-order valence-electron chi connectivity index (χ0n) is 11.7. The molecule has 6 heteroatoms. The van der Waals surface area contributed by atoms with Crippen molar-refractivity contribution >= 4 is 27.8 Å². The van der Waals surface area contributed by atoms with Crippen LogP contribution in [0.1, 0.15) is 31.2 Å². The predicted octanol–water partition coefficient (Wildman–Crippen LogP) is 2.82. The van der Waals surface area contributed by atoms with Gasteiger partial charge in [-0.2, -0.15) is 0 Å². The summed E-state index contributed by atoms with van der Waals surface area (Å²) in [5, 5.41) is 8.58. The third-order valence-electron chi connectivity index (χ3n) is 3.39. The summed E-state index contributed by atoms with van der Waals surface area (Å²) in [5.41, 5.74) is 0.987. The maximum atomic E-state index is 12.2. The van der Waals surface area contributed by atoms with Gasteiger partial charge in [0, 0.05) is 29.4 Å². The Balaban J connectivity index is 1.91. The fraction of sp³-hybridized carbons (Fsp3) is 0.467. The molecule has 5 nitrogen and oxygen atoms in total. The van der Waals surface area contributed by atoms with Crippen LogP contribution in [0, 0.1) is 0 Å². The Morgan fingerprint density at radius 1 is 1.29 bits per heavy atom. The van der Waals surface area contributed by atoms with Gasteiger partial charge in [0.25, 0.3) is 0 Å². The van der Waals surface area contributed by atoms with E-state index in [9.17, 15) is 9.59 Å². The molecule has 0 fully saturated rings. The second-order valence-corrected chi connectivity index (χ2v) is 5.93. The first-order valence-electron chi connectivity index (χ1n) is 6.97. The van der Waals surface area contributed by atoms with Gasteiger partial charge in [-0.15, -0.1) is 0 Å². The van der Waals surface area contributed by atoms with Gasteiger partial charge in [0.1, 0.15) is 12.4 Å². The highest BCUT2D eigenvalue weighted by Gasteiger charge is 2.19. The number of nitrogens with zero attached hydrogens (tertiary/aromatic N) is 1. The van der Waals surface area contributed by atoms with Crippen LogP contribution in [-0.2, 0) is 16.1 Å². The molecule has 0 aliphatic carbocycles. The van der Waals surface area contributed by atoms with Crippen LogP contribution in [0.3, 0.4) is 0 Å². The highest BCUT2D eigenvalue weighted by atomic mass is 79.9. The van der Waals surface area contributed by atoms with Crippen LogP contribution in [0.5, 0.6) is 5.75 Å². The lowest BCUT2D eigenvalue weighted by atomic mass is 10.1. The van der Waals surface area contributed by atoms with Crippen molar-refractivity contribution in [2.75, 3.05) is 13.2 Å². The van der Waals surface area contributed by atoms with Gasteiger partial charge in [-0.05, 0) is 31.0 Å². The van der Waals surface area contributed by atoms with Crippen LogP contribution >= 0.6 is 15.9 Å². The number of carbonyl (C=O) groups excluding carboxylic acids is 1. The molecule has 0 saturated heterocycles. The van der Waals surface area contributed by atoms with Gasteiger partial charge in [0.2, 0.25) is 5.91 Å². The zero-order valence-corrected chi connectivity index (χ0v) is 13.3. The quantitative estimate of drug-likeness (QED) is 0.824. The number of aliphatic carboxylic acids is 1. The zero-order chi connectivity index (χ0) is 15.2. The molecular formula is C15H18BrNO4. The number of rotatable bonds is 5. The maximum absolute atomic E-state index is 12.2. The summed E-state index contributed by atoms with van der Waals surface area (Å²) in [7, 11) is 0. The van der Waals surface area contributed by atoms with Crippen molar-refractivity contribution in [2.24, 2.45) is 0 Å². The minimum absolute atomic E-state index is 0.0526. The van der Waals surface area contributed by atoms with E-state index >= 15 is 0 Å². The van der Waals surface area contributed by atoms with Crippen molar-refractivity contribution in [2.45, 2.75) is 32.2 Å². The Labute approximate surface area is 132 Å². The van der Waals surface area contributed by atoms with Gasteiger partial charge >= 0.3 is 5.97 Å². The average Bonchev–Trinajstić information content (AvgIpc) is 2.64. The molecule has 114 valence electrons. The monoisotopic (exact) mass is 355 g/mol. The number of carbonyl (C=O) groups is 2. The molecule has 1 aliphatic heterocycles. The smallest absolute Gasteiger partial charge is 0.303 e. The van der Waals surface area contributed by atoms with Crippen molar-refractivity contribution in [1.82, 2.24) is 4.90 Å². The first-order valence-corrected chi connectivity index (χ1v) is 7.76. The molecule has 1 N–H and O–H groups in total. The molecule has 2 rings (SSSR count). The van der Waals surface area contributed by atoms with E-state index in [4.69, 9.17) is 9.84 Å². The molecule has 21 heavy (non-hydrogen) atoms. The van der Waals surface area contributed by atoms with E-state index in [1.54, 1.807) is 4.90 Å². The molecule has 0 atom stereocenters. The van der Waals surface area contributed by atoms with Crippen LogP contribution in [0.25, 0.3) is 0 Å². The summed E-state index contributed by atoms with van der Waals surface area (Å²) < 4.78 is 6.61. The van der Waals surface area contributed by atoms with E-state index in [1.807, 2.05) is 18.2 Å². The summed E-state index contributed by atoms with van der Waals surface area (Å²) in [4.78, 5) is 24.4. The molecule has 0 saturated carbocycles. The van der Waals surface area contributed by atoms with E-state index in [2.05, 4.69) is 15.9 Å². The van der Waals surface area contributed by atoms with Gasteiger partial charge in [0.15, 0.2) is 0 Å². The summed E-state index contributed by atoms with van der Waals surface area (Å²) in [6.07, 6.45) is 1.64. The lowest BCUT2D eigenvalue weighted by Crippen LogP contribution is -2.32. The Bertz CT molecular complexity index is 532. The Kier molecular flexibility index (Phi) is 5.61. The molecule has 0 bridgehead atoms. The number of fused-ring (bicyclic) bond motifs is 1. The van der Waals surface area contributed by atoms with Gasteiger partial charge in [0.05, 0.1) is 6.54 Å². The Morgan fingerprint density at radius 3 is 2.81 bits per heavy atom. The summed E-state index contributed by atoms with van der Waals surface area (Å²) >= 11 is 3.42. The van der Waals surface area contributed by atoms with Gasteiger partial charge in [-0.1, -0.05) is 15.9 Å². The first-order chi connectivity index (χ1) is 10.1. The molecule has 0 spiro atoms. The number of carboxylic acids is 1. The molecule has 1 aliphatic rings. The van der Waals surface area contributed by atoms with Crippen molar-refractivity contribution in [3.05, 3.63) is 28.2 Å². The van der Waals surface area contributed by atoms with Crippen molar-refractivity contribution in [3.63, 3.8) is 0 Å². The van der Waals surface area contributed by atoms with E-state index in [0.29, 0.717) is 39.0 Å². The van der Waals surface area contributed by atoms with Crippen LogP contribution in [0.15, 0.2) is 22.7 Å². The molecule has 1 heterocycles. The number of ether oxygens (including phenoxy) is 1. The Morgan fingerprint density at radius 2 is 2.05 bits per heavy atom.